The van der Waals surface area contributed by atoms with Crippen molar-refractivity contribution in [1.29, 1.82) is 0 Å². The summed E-state index contributed by atoms with van der Waals surface area (Å²) in [5, 5.41) is -0.574. The molecule has 0 spiro atoms. The van der Waals surface area contributed by atoms with Crippen molar-refractivity contribution in [1.82, 2.24) is 4.98 Å². The lowest BCUT2D eigenvalue weighted by atomic mass is 10.3. The summed E-state index contributed by atoms with van der Waals surface area (Å²) in [6.07, 6.45) is -5.08. The van der Waals surface area contributed by atoms with Crippen molar-refractivity contribution in [3.05, 3.63) is 23.0 Å². The lowest BCUT2D eigenvalue weighted by Gasteiger charge is -2.08. The van der Waals surface area contributed by atoms with E-state index >= 15 is 0 Å². The molecule has 1 rings (SSSR count). The van der Waals surface area contributed by atoms with Crippen LogP contribution in [0.5, 0.6) is 0 Å². The summed E-state index contributed by atoms with van der Waals surface area (Å²) in [7, 11) is -5.47. The first kappa shape index (κ1) is 12.2. The zero-order valence-corrected chi connectivity index (χ0v) is 8.29. The zero-order chi connectivity index (χ0) is 11.9. The number of alkyl halides is 3. The Balaban J connectivity index is 3.55. The van der Waals surface area contributed by atoms with Gasteiger partial charge in [0.25, 0.3) is 0 Å². The van der Waals surface area contributed by atoms with Crippen molar-refractivity contribution < 1.29 is 25.5 Å². The molecule has 0 saturated carbocycles. The molecule has 1 heterocycles. The molecule has 84 valence electrons. The third-order valence-corrected chi connectivity index (χ3v) is 2.42. The van der Waals surface area contributed by atoms with Gasteiger partial charge in [0.15, 0.2) is 5.69 Å². The van der Waals surface area contributed by atoms with E-state index in [4.69, 9.17) is 11.6 Å². The first-order valence-corrected chi connectivity index (χ1v) is 5.07. The maximum absolute atomic E-state index is 12.4. The average molecular weight is 264 g/mol. The Kier molecular flexibility index (Phi) is 2.92. The fourth-order valence-corrected chi connectivity index (χ4v) is 1.59. The molecule has 0 radical (unpaired) electrons. The summed E-state index contributed by atoms with van der Waals surface area (Å²) in [6, 6.07) is 1.16. The van der Waals surface area contributed by atoms with E-state index in [2.05, 4.69) is 4.98 Å². The molecule has 3 nitrogen and oxygen atoms in total. The molecule has 0 fully saturated rings. The number of hydrogen-bond acceptors (Lipinski definition) is 3. The van der Waals surface area contributed by atoms with Gasteiger partial charge in [0, 0.05) is 0 Å². The molecule has 0 aliphatic carbocycles. The molecule has 0 saturated heterocycles. The molecule has 0 atom stereocenters. The predicted octanol–water partition coefficient (Wildman–Crippen LogP) is 2.41. The van der Waals surface area contributed by atoms with E-state index in [1.807, 2.05) is 0 Å². The Hall–Kier alpha value is -0.890. The van der Waals surface area contributed by atoms with E-state index < -0.39 is 32.1 Å². The standard InChI is InChI=1S/C6H2ClF4NO2S/c7-4-2-1-3(15(11,13)14)5(12-4)6(8,9)10/h1-2H. The van der Waals surface area contributed by atoms with Crippen LogP contribution in [0.1, 0.15) is 5.69 Å². The van der Waals surface area contributed by atoms with E-state index in [9.17, 15) is 25.5 Å². The highest BCUT2D eigenvalue weighted by atomic mass is 35.5. The van der Waals surface area contributed by atoms with Gasteiger partial charge in [-0.25, -0.2) is 4.98 Å². The topological polar surface area (TPSA) is 47.0 Å². The van der Waals surface area contributed by atoms with E-state index in [0.717, 1.165) is 6.07 Å². The molecule has 0 aliphatic heterocycles. The molecule has 0 bridgehead atoms. The molecule has 9 heteroatoms. The number of pyridine rings is 1. The highest BCUT2D eigenvalue weighted by Crippen LogP contribution is 2.34. The van der Waals surface area contributed by atoms with Gasteiger partial charge in [-0.05, 0) is 12.1 Å². The van der Waals surface area contributed by atoms with Crippen molar-refractivity contribution in [2.24, 2.45) is 0 Å². The Bertz CT molecular complexity index is 484. The molecule has 0 aliphatic rings. The number of nitrogens with zero attached hydrogens (tertiary/aromatic N) is 1. The van der Waals surface area contributed by atoms with Crippen LogP contribution in [0.2, 0.25) is 5.15 Å². The van der Waals surface area contributed by atoms with Gasteiger partial charge in [-0.3, -0.25) is 0 Å². The van der Waals surface area contributed by atoms with E-state index in [0.29, 0.717) is 6.07 Å². The summed E-state index contributed by atoms with van der Waals surface area (Å²) >= 11 is 5.14. The van der Waals surface area contributed by atoms with E-state index in [1.54, 1.807) is 0 Å². The minimum atomic E-state index is -5.47. The van der Waals surface area contributed by atoms with Gasteiger partial charge in [-0.15, -0.1) is 3.89 Å². The fraction of sp³-hybridized carbons (Fsp3) is 0.167. The number of halogens is 5. The Morgan fingerprint density at radius 3 is 2.20 bits per heavy atom. The highest BCUT2D eigenvalue weighted by molar-refractivity contribution is 7.86. The molecule has 1 aromatic heterocycles. The number of rotatable bonds is 1. The summed E-state index contributed by atoms with van der Waals surface area (Å²) < 4.78 is 69.8. The maximum Gasteiger partial charge on any atom is 0.434 e. The molecule has 0 unspecified atom stereocenters. The van der Waals surface area contributed by atoms with Crippen LogP contribution in [0.15, 0.2) is 17.0 Å². The molecular formula is C6H2ClF4NO2S. The maximum atomic E-state index is 12.4. The van der Waals surface area contributed by atoms with Gasteiger partial charge in [-0.2, -0.15) is 21.6 Å². The lowest BCUT2D eigenvalue weighted by Crippen LogP contribution is -2.13. The second kappa shape index (κ2) is 3.60. The third kappa shape index (κ3) is 2.78. The van der Waals surface area contributed by atoms with Crippen LogP contribution < -0.4 is 0 Å². The second-order valence-corrected chi connectivity index (χ2v) is 4.12. The number of aromatic nitrogens is 1. The quantitative estimate of drug-likeness (QED) is 0.444. The average Bonchev–Trinajstić information content (AvgIpc) is 2.00. The van der Waals surface area contributed by atoms with Gasteiger partial charge in [0.1, 0.15) is 10.0 Å². The Morgan fingerprint density at radius 2 is 1.80 bits per heavy atom. The van der Waals surface area contributed by atoms with Gasteiger partial charge >= 0.3 is 16.4 Å². The van der Waals surface area contributed by atoms with Crippen LogP contribution in [0.3, 0.4) is 0 Å². The molecule has 15 heavy (non-hydrogen) atoms. The van der Waals surface area contributed by atoms with Gasteiger partial charge in [0.05, 0.1) is 0 Å². The minimum absolute atomic E-state index is 0.410. The highest BCUT2D eigenvalue weighted by Gasteiger charge is 2.39. The van der Waals surface area contributed by atoms with Crippen molar-refractivity contribution in [3.8, 4) is 0 Å². The van der Waals surface area contributed by atoms with Gasteiger partial charge in [-0.1, -0.05) is 11.6 Å². The van der Waals surface area contributed by atoms with Crippen molar-refractivity contribution in [2.75, 3.05) is 0 Å². The van der Waals surface area contributed by atoms with Crippen LogP contribution >= 0.6 is 11.6 Å². The molecule has 0 aromatic carbocycles. The summed E-state index contributed by atoms with van der Waals surface area (Å²) in [4.78, 5) is 1.19. The largest absolute Gasteiger partial charge is 0.434 e. The SMILES string of the molecule is O=S(=O)(F)c1ccc(Cl)nc1C(F)(F)F. The smallest absolute Gasteiger partial charge is 0.230 e. The summed E-state index contributed by atoms with van der Waals surface area (Å²) in [5.41, 5.74) is -1.86. The second-order valence-electron chi connectivity index (χ2n) is 2.42. The minimum Gasteiger partial charge on any atom is -0.230 e. The van der Waals surface area contributed by atoms with Crippen LogP contribution in [0.25, 0.3) is 0 Å². The zero-order valence-electron chi connectivity index (χ0n) is 6.72. The molecular weight excluding hydrogens is 262 g/mol. The van der Waals surface area contributed by atoms with Crippen molar-refractivity contribution in [2.45, 2.75) is 11.1 Å². The van der Waals surface area contributed by atoms with Crippen LogP contribution in [0, 0.1) is 0 Å². The fourth-order valence-electron chi connectivity index (χ4n) is 0.822. The van der Waals surface area contributed by atoms with Gasteiger partial charge < -0.3 is 0 Å². The first-order valence-electron chi connectivity index (χ1n) is 3.31. The normalized spacial score (nSPS) is 12.9. The van der Waals surface area contributed by atoms with Crippen molar-refractivity contribution >= 4 is 21.8 Å². The lowest BCUT2D eigenvalue weighted by molar-refractivity contribution is -0.143. The van der Waals surface area contributed by atoms with Crippen LogP contribution in [-0.4, -0.2) is 13.4 Å². The van der Waals surface area contributed by atoms with E-state index in [1.165, 1.54) is 0 Å². The predicted molar refractivity (Wildman–Crippen MR) is 42.5 cm³/mol. The summed E-state index contributed by atoms with van der Waals surface area (Å²) in [5.74, 6) is 0. The number of hydrogen-bond donors (Lipinski definition) is 0. The first-order chi connectivity index (χ1) is 6.62. The third-order valence-electron chi connectivity index (χ3n) is 1.36. The van der Waals surface area contributed by atoms with Gasteiger partial charge in [0.2, 0.25) is 0 Å². The molecule has 1 aromatic rings. The Morgan fingerprint density at radius 1 is 1.27 bits per heavy atom. The van der Waals surface area contributed by atoms with E-state index in [-0.39, 0.29) is 0 Å². The molecule has 0 amide bonds. The molecule has 0 N–H and O–H groups in total. The van der Waals surface area contributed by atoms with Crippen molar-refractivity contribution in [3.63, 3.8) is 0 Å². The Labute approximate surface area is 86.9 Å². The summed E-state index contributed by atoms with van der Waals surface area (Å²) in [6.45, 7) is 0. The van der Waals surface area contributed by atoms with Crippen LogP contribution in [0.4, 0.5) is 17.1 Å². The monoisotopic (exact) mass is 263 g/mol. The van der Waals surface area contributed by atoms with Crippen LogP contribution in [-0.2, 0) is 16.4 Å².